The maximum absolute atomic E-state index is 10.2. The van der Waals surface area contributed by atoms with E-state index < -0.39 is 8.32 Å². The molecule has 0 aromatic rings. The Kier molecular flexibility index (Phi) is 4.44. The van der Waals surface area contributed by atoms with E-state index in [-0.39, 0.29) is 11.6 Å². The van der Waals surface area contributed by atoms with Gasteiger partial charge in [0.1, 0.15) is 0 Å². The molecule has 0 heterocycles. The molecule has 0 atom stereocenters. The maximum Gasteiger partial charge on any atom is 0.191 e. The van der Waals surface area contributed by atoms with Gasteiger partial charge in [0.25, 0.3) is 0 Å². The Labute approximate surface area is 77.1 Å². The largest absolute Gasteiger partial charge is 0.417 e. The monoisotopic (exact) mass is 189 g/mol. The quantitative estimate of drug-likeness (QED) is 0.494. The van der Waals surface area contributed by atoms with Crippen molar-refractivity contribution in [2.75, 3.05) is 13.2 Å². The number of rotatable bonds is 4. The lowest BCUT2D eigenvalue weighted by Gasteiger charge is -2.36. The van der Waals surface area contributed by atoms with Gasteiger partial charge in [-0.1, -0.05) is 20.8 Å². The Morgan fingerprint density at radius 3 is 2.08 bits per heavy atom. The normalized spacial score (nSPS) is 13.5. The smallest absolute Gasteiger partial charge is 0.191 e. The zero-order valence-corrected chi connectivity index (χ0v) is 9.94. The second kappa shape index (κ2) is 4.39. The fourth-order valence-electron chi connectivity index (χ4n) is 0.603. The lowest BCUT2D eigenvalue weighted by atomic mass is 10.2. The van der Waals surface area contributed by atoms with Gasteiger partial charge in [-0.2, -0.15) is 0 Å². The van der Waals surface area contributed by atoms with Crippen molar-refractivity contribution >= 4 is 8.32 Å². The average Bonchev–Trinajstić information content (AvgIpc) is 1.85. The molecule has 0 aromatic carbocycles. The summed E-state index contributed by atoms with van der Waals surface area (Å²) in [4.78, 5) is 0. The summed E-state index contributed by atoms with van der Waals surface area (Å²) in [6.07, 6.45) is 0.645. The molecule has 0 rings (SSSR count). The van der Waals surface area contributed by atoms with Gasteiger partial charge in [0, 0.05) is 6.61 Å². The van der Waals surface area contributed by atoms with Gasteiger partial charge in [0.15, 0.2) is 8.32 Å². The highest BCUT2D eigenvalue weighted by Gasteiger charge is 2.36. The minimum absolute atomic E-state index is 0.0192. The minimum atomic E-state index is -1.58. The fourth-order valence-corrected chi connectivity index (χ4v) is 1.69. The van der Waals surface area contributed by atoms with Crippen LogP contribution in [0.4, 0.5) is 0 Å². The summed E-state index contributed by atoms with van der Waals surface area (Å²) in [5.74, 6) is 0. The predicted octanol–water partition coefficient (Wildman–Crippen LogP) is 2.83. The van der Waals surface area contributed by atoms with E-state index in [2.05, 4.69) is 33.9 Å². The molecule has 0 unspecified atom stereocenters. The molecule has 0 aromatic heterocycles. The molecule has 1 radical (unpaired) electrons. The summed E-state index contributed by atoms with van der Waals surface area (Å²) in [7, 11) is -1.58. The molecule has 0 aliphatic carbocycles. The molecule has 0 fully saturated rings. The molecule has 0 aliphatic heterocycles. The summed E-state index contributed by atoms with van der Waals surface area (Å²) >= 11 is 0. The predicted molar refractivity (Wildman–Crippen MR) is 53.3 cm³/mol. The van der Waals surface area contributed by atoms with E-state index in [0.29, 0.717) is 13.0 Å². The first-order valence-electron chi connectivity index (χ1n) is 4.53. The van der Waals surface area contributed by atoms with E-state index in [9.17, 15) is 5.11 Å². The van der Waals surface area contributed by atoms with Gasteiger partial charge < -0.3 is 4.43 Å². The molecule has 0 aliphatic rings. The van der Waals surface area contributed by atoms with Crippen molar-refractivity contribution < 1.29 is 9.53 Å². The Morgan fingerprint density at radius 1 is 1.25 bits per heavy atom. The third kappa shape index (κ3) is 3.69. The highest BCUT2D eigenvalue weighted by molar-refractivity contribution is 6.74. The van der Waals surface area contributed by atoms with Gasteiger partial charge in [-0.3, -0.25) is 0 Å². The molecule has 12 heavy (non-hydrogen) atoms. The maximum atomic E-state index is 10.2. The van der Waals surface area contributed by atoms with E-state index in [0.717, 1.165) is 0 Å². The van der Waals surface area contributed by atoms with Crippen molar-refractivity contribution in [1.82, 2.24) is 0 Å². The third-order valence-electron chi connectivity index (χ3n) is 2.56. The summed E-state index contributed by atoms with van der Waals surface area (Å²) in [6.45, 7) is 11.6. The van der Waals surface area contributed by atoms with E-state index in [4.69, 9.17) is 4.43 Å². The van der Waals surface area contributed by atoms with Crippen LogP contribution in [0, 0.1) is 0 Å². The SMILES string of the molecule is CC(C)(C)[Si](C)(C)OCCC[O]. The standard InChI is InChI=1S/C9H21O2Si/c1-9(2,3)12(4,5)11-8-6-7-10/h6-8H2,1-5H3. The van der Waals surface area contributed by atoms with Crippen molar-refractivity contribution in [3.05, 3.63) is 0 Å². The van der Waals surface area contributed by atoms with Crippen molar-refractivity contribution in [2.45, 2.75) is 45.3 Å². The van der Waals surface area contributed by atoms with Crippen molar-refractivity contribution in [1.29, 1.82) is 0 Å². The Bertz CT molecular complexity index is 127. The van der Waals surface area contributed by atoms with Crippen LogP contribution >= 0.6 is 0 Å². The van der Waals surface area contributed by atoms with Gasteiger partial charge >= 0.3 is 0 Å². The first kappa shape index (κ1) is 12.1. The number of hydrogen-bond acceptors (Lipinski definition) is 1. The fraction of sp³-hybridized carbons (Fsp3) is 1.00. The summed E-state index contributed by atoms with van der Waals surface area (Å²) in [6, 6.07) is 0. The van der Waals surface area contributed by atoms with E-state index >= 15 is 0 Å². The zero-order valence-electron chi connectivity index (χ0n) is 8.94. The molecule has 0 saturated heterocycles. The van der Waals surface area contributed by atoms with Gasteiger partial charge in [-0.15, -0.1) is 0 Å². The molecule has 0 saturated carbocycles. The van der Waals surface area contributed by atoms with Gasteiger partial charge in [0.2, 0.25) is 0 Å². The van der Waals surface area contributed by atoms with Crippen LogP contribution in [-0.2, 0) is 9.53 Å². The topological polar surface area (TPSA) is 29.1 Å². The van der Waals surface area contributed by atoms with Crippen LogP contribution < -0.4 is 0 Å². The second-order valence-electron chi connectivity index (χ2n) is 4.67. The number of hydrogen-bond donors (Lipinski definition) is 0. The van der Waals surface area contributed by atoms with Gasteiger partial charge in [-0.05, 0) is 24.6 Å². The van der Waals surface area contributed by atoms with Crippen LogP contribution in [0.5, 0.6) is 0 Å². The third-order valence-corrected chi connectivity index (χ3v) is 7.10. The van der Waals surface area contributed by atoms with Crippen LogP contribution in [0.1, 0.15) is 27.2 Å². The van der Waals surface area contributed by atoms with Gasteiger partial charge in [0.05, 0.1) is 6.61 Å². The lowest BCUT2D eigenvalue weighted by molar-refractivity contribution is 0.161. The van der Waals surface area contributed by atoms with Crippen LogP contribution in [-0.4, -0.2) is 21.5 Å². The van der Waals surface area contributed by atoms with Gasteiger partial charge in [-0.25, -0.2) is 5.11 Å². The minimum Gasteiger partial charge on any atom is -0.417 e. The van der Waals surface area contributed by atoms with Crippen LogP contribution in [0.2, 0.25) is 18.1 Å². The van der Waals surface area contributed by atoms with Crippen LogP contribution in [0.15, 0.2) is 0 Å². The van der Waals surface area contributed by atoms with Crippen LogP contribution in [0.3, 0.4) is 0 Å². The molecular formula is C9H21O2Si. The molecule has 0 amide bonds. The van der Waals surface area contributed by atoms with Crippen LogP contribution in [0.25, 0.3) is 0 Å². The Hall–Kier alpha value is 0.137. The lowest BCUT2D eigenvalue weighted by Crippen LogP contribution is -2.41. The Morgan fingerprint density at radius 2 is 1.75 bits per heavy atom. The Balaban J connectivity index is 3.88. The summed E-state index contributed by atoms with van der Waals surface area (Å²) in [5.41, 5.74) is 0. The molecular weight excluding hydrogens is 168 g/mol. The molecule has 3 heteroatoms. The average molecular weight is 189 g/mol. The first-order chi connectivity index (χ1) is 5.31. The van der Waals surface area contributed by atoms with Crippen molar-refractivity contribution in [3.8, 4) is 0 Å². The molecule has 0 spiro atoms. The first-order valence-corrected chi connectivity index (χ1v) is 7.44. The van der Waals surface area contributed by atoms with E-state index in [1.54, 1.807) is 0 Å². The second-order valence-corrected chi connectivity index (χ2v) is 9.48. The molecule has 73 valence electrons. The summed E-state index contributed by atoms with van der Waals surface area (Å²) < 4.78 is 5.77. The molecule has 0 bridgehead atoms. The highest BCUT2D eigenvalue weighted by atomic mass is 28.4. The molecule has 2 nitrogen and oxygen atoms in total. The summed E-state index contributed by atoms with van der Waals surface area (Å²) in [5, 5.41) is 10.5. The van der Waals surface area contributed by atoms with E-state index in [1.807, 2.05) is 0 Å². The zero-order chi connectivity index (χ0) is 9.83. The van der Waals surface area contributed by atoms with Crippen molar-refractivity contribution in [2.24, 2.45) is 0 Å². The van der Waals surface area contributed by atoms with E-state index in [1.165, 1.54) is 0 Å². The highest BCUT2D eigenvalue weighted by Crippen LogP contribution is 2.36. The van der Waals surface area contributed by atoms with Crippen molar-refractivity contribution in [3.63, 3.8) is 0 Å². The molecule has 0 N–H and O–H groups in total.